The minimum atomic E-state index is -2.12. The normalized spacial score (nSPS) is 15.0. The summed E-state index contributed by atoms with van der Waals surface area (Å²) in [6.07, 6.45) is -0.606. The maximum atomic E-state index is 8.71. The Hall–Kier alpha value is 0.150. The molecule has 0 aromatic heterocycles. The summed E-state index contributed by atoms with van der Waals surface area (Å²) in [6, 6.07) is -0.407. The third-order valence-electron chi connectivity index (χ3n) is 0.993. The lowest BCUT2D eigenvalue weighted by atomic mass is 10.2. The number of nitrogens with one attached hydrogen (secondary N) is 1. The lowest BCUT2D eigenvalue weighted by Gasteiger charge is -2.14. The van der Waals surface area contributed by atoms with Crippen LogP contribution >= 0.6 is 8.53 Å². The monoisotopic (exact) mass is 201 g/mol. The molecule has 0 aliphatic rings. The molecule has 0 aliphatic heterocycles. The summed E-state index contributed by atoms with van der Waals surface area (Å²) in [5, 5.41) is 17.1. The molecule has 0 saturated carbocycles. The zero-order chi connectivity index (χ0) is 10.1. The van der Waals surface area contributed by atoms with E-state index in [-0.39, 0.29) is 6.61 Å². The van der Waals surface area contributed by atoms with Gasteiger partial charge in [-0.25, -0.2) is 0 Å². The standard InChI is InChI=1S/C4H12N2O2.H4NO2P/c1-3(8)4(2-7)6-5;1-4(2)3/h3-4,6-8H,2,5H2,1H3;2-3H,1H2/t3-,4-;/m1./s1. The SMILES string of the molecule is C[C@@H](O)[C@@H](CO)NN.NP(O)O. The van der Waals surface area contributed by atoms with Gasteiger partial charge in [-0.05, 0) is 6.92 Å². The molecule has 0 saturated heterocycles. The molecule has 9 N–H and O–H groups in total. The van der Waals surface area contributed by atoms with Crippen molar-refractivity contribution in [1.29, 1.82) is 0 Å². The van der Waals surface area contributed by atoms with Crippen LogP contribution in [0.5, 0.6) is 0 Å². The average Bonchev–Trinajstić information content (AvgIpc) is 1.87. The van der Waals surface area contributed by atoms with Gasteiger partial charge in [0, 0.05) is 0 Å². The Bertz CT molecular complexity index is 87.6. The van der Waals surface area contributed by atoms with E-state index in [9.17, 15) is 0 Å². The van der Waals surface area contributed by atoms with Gasteiger partial charge in [0.2, 0.25) is 8.53 Å². The van der Waals surface area contributed by atoms with Crippen molar-refractivity contribution in [1.82, 2.24) is 5.43 Å². The van der Waals surface area contributed by atoms with Gasteiger partial charge in [-0.1, -0.05) is 0 Å². The van der Waals surface area contributed by atoms with E-state index in [1.165, 1.54) is 0 Å². The minimum absolute atomic E-state index is 0.145. The third kappa shape index (κ3) is 12.8. The van der Waals surface area contributed by atoms with Crippen LogP contribution in [-0.4, -0.2) is 38.8 Å². The highest BCUT2D eigenvalue weighted by Gasteiger charge is 2.09. The summed E-state index contributed by atoms with van der Waals surface area (Å²) in [5.41, 5.74) is 6.54. The topological polar surface area (TPSA) is 145 Å². The molecule has 0 rings (SSSR count). The molecule has 0 aliphatic carbocycles. The minimum Gasteiger partial charge on any atom is -0.395 e. The Morgan fingerprint density at radius 1 is 1.50 bits per heavy atom. The number of nitrogens with two attached hydrogens (primary N) is 2. The van der Waals surface area contributed by atoms with Crippen molar-refractivity contribution in [2.24, 2.45) is 11.3 Å². The molecule has 12 heavy (non-hydrogen) atoms. The molecule has 0 bridgehead atoms. The van der Waals surface area contributed by atoms with Gasteiger partial charge >= 0.3 is 0 Å². The Labute approximate surface area is 71.9 Å². The molecule has 0 unspecified atom stereocenters. The summed E-state index contributed by atoms with van der Waals surface area (Å²) in [5.74, 6) is 4.91. The van der Waals surface area contributed by atoms with E-state index in [1.54, 1.807) is 6.92 Å². The van der Waals surface area contributed by atoms with Crippen LogP contribution in [0.2, 0.25) is 0 Å². The predicted octanol–water partition coefficient (Wildman–Crippen LogP) is -2.65. The number of hydrogen-bond acceptors (Lipinski definition) is 7. The molecule has 0 heterocycles. The molecule has 2 atom stereocenters. The van der Waals surface area contributed by atoms with Crippen LogP contribution in [0.1, 0.15) is 6.92 Å². The van der Waals surface area contributed by atoms with Crippen molar-refractivity contribution in [3.8, 4) is 0 Å². The van der Waals surface area contributed by atoms with Gasteiger partial charge in [0.15, 0.2) is 0 Å². The molecule has 8 heteroatoms. The first-order chi connectivity index (χ1) is 5.45. The molecule has 0 aromatic carbocycles. The fourth-order valence-electron chi connectivity index (χ4n) is 0.345. The summed E-state index contributed by atoms with van der Waals surface area (Å²) < 4.78 is 0. The van der Waals surface area contributed by atoms with E-state index < -0.39 is 20.7 Å². The lowest BCUT2D eigenvalue weighted by Crippen LogP contribution is -2.45. The van der Waals surface area contributed by atoms with Crippen LogP contribution in [-0.2, 0) is 0 Å². The van der Waals surface area contributed by atoms with Crippen LogP contribution < -0.4 is 16.8 Å². The van der Waals surface area contributed by atoms with Crippen LogP contribution in [0.15, 0.2) is 0 Å². The van der Waals surface area contributed by atoms with Gasteiger partial charge < -0.3 is 20.0 Å². The van der Waals surface area contributed by atoms with E-state index in [4.69, 9.17) is 25.8 Å². The summed E-state index contributed by atoms with van der Waals surface area (Å²) >= 11 is 0. The smallest absolute Gasteiger partial charge is 0.247 e. The van der Waals surface area contributed by atoms with Crippen LogP contribution in [0.25, 0.3) is 0 Å². The van der Waals surface area contributed by atoms with Gasteiger partial charge in [0.1, 0.15) is 0 Å². The first-order valence-corrected chi connectivity index (χ1v) is 4.45. The van der Waals surface area contributed by atoms with Crippen LogP contribution in [0, 0.1) is 0 Å². The van der Waals surface area contributed by atoms with Crippen LogP contribution in [0.3, 0.4) is 0 Å². The van der Waals surface area contributed by atoms with Gasteiger partial charge in [-0.3, -0.25) is 16.8 Å². The quantitative estimate of drug-likeness (QED) is 0.150. The van der Waals surface area contributed by atoms with E-state index in [0.29, 0.717) is 0 Å². The highest BCUT2D eigenvalue weighted by Crippen LogP contribution is 2.05. The van der Waals surface area contributed by atoms with E-state index in [2.05, 4.69) is 10.9 Å². The zero-order valence-corrected chi connectivity index (χ0v) is 7.65. The fraction of sp³-hybridized carbons (Fsp3) is 1.00. The van der Waals surface area contributed by atoms with Crippen LogP contribution in [0.4, 0.5) is 0 Å². The van der Waals surface area contributed by atoms with Gasteiger partial charge in [0.05, 0.1) is 18.8 Å². The molecule has 0 spiro atoms. The number of aliphatic hydroxyl groups excluding tert-OH is 2. The highest BCUT2D eigenvalue weighted by atomic mass is 31.2. The molecule has 76 valence electrons. The molecule has 0 radical (unpaired) electrons. The maximum absolute atomic E-state index is 8.71. The predicted molar refractivity (Wildman–Crippen MR) is 45.4 cm³/mol. The van der Waals surface area contributed by atoms with Crippen molar-refractivity contribution in [3.05, 3.63) is 0 Å². The van der Waals surface area contributed by atoms with Gasteiger partial charge in [-0.15, -0.1) is 0 Å². The zero-order valence-electron chi connectivity index (χ0n) is 6.75. The Kier molecular flexibility index (Phi) is 11.3. The van der Waals surface area contributed by atoms with E-state index in [0.717, 1.165) is 0 Å². The summed E-state index contributed by atoms with van der Waals surface area (Å²) in [6.45, 7) is 1.41. The average molecular weight is 201 g/mol. The molecular weight excluding hydrogens is 185 g/mol. The summed E-state index contributed by atoms with van der Waals surface area (Å²) in [4.78, 5) is 14.9. The van der Waals surface area contributed by atoms with Crippen molar-refractivity contribution in [3.63, 3.8) is 0 Å². The largest absolute Gasteiger partial charge is 0.395 e. The molecule has 0 amide bonds. The lowest BCUT2D eigenvalue weighted by molar-refractivity contribution is 0.104. The van der Waals surface area contributed by atoms with Crippen molar-refractivity contribution in [2.45, 2.75) is 19.1 Å². The number of aliphatic hydroxyl groups is 2. The first-order valence-electron chi connectivity index (χ1n) is 3.13. The third-order valence-corrected chi connectivity index (χ3v) is 0.993. The van der Waals surface area contributed by atoms with Gasteiger partial charge in [0.25, 0.3) is 0 Å². The first kappa shape index (κ1) is 14.7. The second-order valence-electron chi connectivity index (χ2n) is 2.02. The fourth-order valence-corrected chi connectivity index (χ4v) is 0.345. The molecule has 7 nitrogen and oxygen atoms in total. The number of rotatable bonds is 3. The van der Waals surface area contributed by atoms with Gasteiger partial charge in [-0.2, -0.15) is 0 Å². The molecule has 0 aromatic rings. The summed E-state index contributed by atoms with van der Waals surface area (Å²) in [7, 11) is -2.12. The number of hydrazine groups is 1. The maximum Gasteiger partial charge on any atom is 0.247 e. The van der Waals surface area contributed by atoms with Crippen molar-refractivity contribution in [2.75, 3.05) is 6.61 Å². The molecule has 0 fully saturated rings. The Morgan fingerprint density at radius 2 is 1.83 bits per heavy atom. The van der Waals surface area contributed by atoms with E-state index >= 15 is 0 Å². The second-order valence-corrected chi connectivity index (χ2v) is 2.66. The second kappa shape index (κ2) is 9.24. The number of hydrogen-bond donors (Lipinski definition) is 7. The Morgan fingerprint density at radius 3 is 1.83 bits per heavy atom. The highest BCUT2D eigenvalue weighted by molar-refractivity contribution is 7.42. The van der Waals surface area contributed by atoms with E-state index in [1.807, 2.05) is 0 Å². The van der Waals surface area contributed by atoms with Crippen molar-refractivity contribution < 1.29 is 20.0 Å². The Balaban J connectivity index is 0. The molecular formula is C4H16N3O4P. The van der Waals surface area contributed by atoms with Crippen molar-refractivity contribution >= 4 is 8.53 Å².